The summed E-state index contributed by atoms with van der Waals surface area (Å²) >= 11 is 0. The highest BCUT2D eigenvalue weighted by atomic mass is 16.2. The Balaban J connectivity index is 1.59. The summed E-state index contributed by atoms with van der Waals surface area (Å²) in [6.45, 7) is 8.16. The molecule has 0 saturated carbocycles. The fraction of sp³-hybridized carbons (Fsp3) is 0.938. The van der Waals surface area contributed by atoms with E-state index in [4.69, 9.17) is 5.11 Å². The summed E-state index contributed by atoms with van der Waals surface area (Å²) in [4.78, 5) is 19.1. The van der Waals surface area contributed by atoms with Gasteiger partial charge in [-0.05, 0) is 45.1 Å². The third kappa shape index (κ3) is 5.93. The van der Waals surface area contributed by atoms with Crippen molar-refractivity contribution in [1.82, 2.24) is 14.7 Å². The Morgan fingerprint density at radius 3 is 2.14 bits per heavy atom. The number of aliphatic hydroxyl groups is 1. The quantitative estimate of drug-likeness (QED) is 0.706. The predicted octanol–water partition coefficient (Wildman–Crippen LogP) is 0.779. The minimum Gasteiger partial charge on any atom is -0.396 e. The van der Waals surface area contributed by atoms with Crippen LogP contribution in [0.4, 0.5) is 0 Å². The van der Waals surface area contributed by atoms with E-state index in [1.807, 2.05) is 4.90 Å². The molecule has 0 bridgehead atoms. The van der Waals surface area contributed by atoms with Gasteiger partial charge in [-0.1, -0.05) is 0 Å². The van der Waals surface area contributed by atoms with Crippen LogP contribution in [0.5, 0.6) is 0 Å². The van der Waals surface area contributed by atoms with Crippen molar-refractivity contribution < 1.29 is 9.90 Å². The van der Waals surface area contributed by atoms with Crippen molar-refractivity contribution in [3.63, 3.8) is 0 Å². The number of piperidine rings is 1. The highest BCUT2D eigenvalue weighted by Gasteiger charge is 2.22. The summed E-state index contributed by atoms with van der Waals surface area (Å²) in [5, 5.41) is 8.77. The fourth-order valence-corrected chi connectivity index (χ4v) is 3.23. The second-order valence-electron chi connectivity index (χ2n) is 6.34. The van der Waals surface area contributed by atoms with Crippen LogP contribution in [0.3, 0.4) is 0 Å². The zero-order valence-electron chi connectivity index (χ0n) is 13.3. The highest BCUT2D eigenvalue weighted by Crippen LogP contribution is 2.10. The van der Waals surface area contributed by atoms with Gasteiger partial charge in [0.15, 0.2) is 0 Å². The number of hydrogen-bond acceptors (Lipinski definition) is 4. The van der Waals surface area contributed by atoms with Crippen molar-refractivity contribution in [3.05, 3.63) is 0 Å². The number of carbonyl (C=O) groups excluding carboxylic acids is 1. The van der Waals surface area contributed by atoms with Crippen LogP contribution in [0.2, 0.25) is 0 Å². The number of likely N-dealkylation sites (tertiary alicyclic amines) is 1. The molecule has 1 amide bonds. The molecule has 2 aliphatic heterocycles. The lowest BCUT2D eigenvalue weighted by Gasteiger charge is -2.36. The molecule has 0 radical (unpaired) electrons. The van der Waals surface area contributed by atoms with Crippen molar-refractivity contribution in [1.29, 1.82) is 0 Å². The van der Waals surface area contributed by atoms with Crippen molar-refractivity contribution in [2.45, 2.75) is 38.5 Å². The zero-order valence-corrected chi connectivity index (χ0v) is 13.3. The molecule has 0 aromatic carbocycles. The van der Waals surface area contributed by atoms with Crippen LogP contribution in [0.25, 0.3) is 0 Å². The molecular weight excluding hydrogens is 266 g/mol. The van der Waals surface area contributed by atoms with E-state index in [-0.39, 0.29) is 0 Å². The molecule has 5 nitrogen and oxygen atoms in total. The van der Waals surface area contributed by atoms with Crippen molar-refractivity contribution in [3.8, 4) is 0 Å². The zero-order chi connectivity index (χ0) is 14.9. The third-order valence-electron chi connectivity index (χ3n) is 4.67. The molecule has 0 spiro atoms. The summed E-state index contributed by atoms with van der Waals surface area (Å²) in [6, 6.07) is 0. The maximum Gasteiger partial charge on any atom is 0.236 e. The van der Waals surface area contributed by atoms with E-state index in [2.05, 4.69) is 9.80 Å². The second kappa shape index (κ2) is 9.38. The monoisotopic (exact) mass is 297 g/mol. The van der Waals surface area contributed by atoms with Crippen LogP contribution in [-0.2, 0) is 4.79 Å². The Labute approximate surface area is 128 Å². The van der Waals surface area contributed by atoms with Crippen molar-refractivity contribution in [2.24, 2.45) is 0 Å². The lowest BCUT2D eigenvalue weighted by molar-refractivity contribution is -0.133. The highest BCUT2D eigenvalue weighted by molar-refractivity contribution is 5.78. The van der Waals surface area contributed by atoms with Gasteiger partial charge in [-0.25, -0.2) is 0 Å². The molecule has 2 aliphatic rings. The normalized spacial score (nSPS) is 21.7. The minimum atomic E-state index is 0.312. The smallest absolute Gasteiger partial charge is 0.236 e. The largest absolute Gasteiger partial charge is 0.396 e. The van der Waals surface area contributed by atoms with Crippen LogP contribution in [0.1, 0.15) is 38.5 Å². The summed E-state index contributed by atoms with van der Waals surface area (Å²) in [7, 11) is 0. The first-order valence-corrected chi connectivity index (χ1v) is 8.63. The Hall–Kier alpha value is -0.650. The van der Waals surface area contributed by atoms with E-state index < -0.39 is 0 Å². The van der Waals surface area contributed by atoms with E-state index in [0.29, 0.717) is 19.1 Å². The Morgan fingerprint density at radius 1 is 0.810 bits per heavy atom. The molecule has 0 aromatic heterocycles. The Bertz CT molecular complexity index is 298. The molecule has 5 heteroatoms. The molecule has 2 heterocycles. The van der Waals surface area contributed by atoms with E-state index in [1.54, 1.807) is 0 Å². The molecule has 122 valence electrons. The topological polar surface area (TPSA) is 47.0 Å². The van der Waals surface area contributed by atoms with Crippen LogP contribution < -0.4 is 0 Å². The van der Waals surface area contributed by atoms with Gasteiger partial charge in [0, 0.05) is 45.9 Å². The van der Waals surface area contributed by atoms with Gasteiger partial charge in [-0.15, -0.1) is 0 Å². The molecule has 1 N–H and O–H groups in total. The van der Waals surface area contributed by atoms with Crippen LogP contribution in [0.15, 0.2) is 0 Å². The Kier molecular flexibility index (Phi) is 7.47. The van der Waals surface area contributed by atoms with Gasteiger partial charge >= 0.3 is 0 Å². The van der Waals surface area contributed by atoms with Gasteiger partial charge in [0.25, 0.3) is 0 Å². The van der Waals surface area contributed by atoms with E-state index in [1.165, 1.54) is 25.7 Å². The number of rotatable bonds is 7. The summed E-state index contributed by atoms with van der Waals surface area (Å²) in [5.41, 5.74) is 0. The number of aliphatic hydroxyl groups excluding tert-OH is 1. The molecule has 0 unspecified atom stereocenters. The molecule has 2 fully saturated rings. The molecule has 21 heavy (non-hydrogen) atoms. The van der Waals surface area contributed by atoms with Crippen LogP contribution in [-0.4, -0.2) is 84.7 Å². The predicted molar refractivity (Wildman–Crippen MR) is 84.2 cm³/mol. The van der Waals surface area contributed by atoms with Gasteiger partial charge < -0.3 is 14.9 Å². The standard InChI is InChI=1S/C16H31N3O2/c20-14-6-2-3-7-17-10-12-18(13-11-17)15-16(21)19-8-4-1-5-9-19/h20H,1-15H2. The lowest BCUT2D eigenvalue weighted by Crippen LogP contribution is -2.50. The second-order valence-corrected chi connectivity index (χ2v) is 6.34. The first-order valence-electron chi connectivity index (χ1n) is 8.63. The number of nitrogens with zero attached hydrogens (tertiary/aromatic N) is 3. The first kappa shape index (κ1) is 16.7. The molecule has 2 rings (SSSR count). The average molecular weight is 297 g/mol. The van der Waals surface area contributed by atoms with Gasteiger partial charge in [-0.3, -0.25) is 9.69 Å². The van der Waals surface area contributed by atoms with Crippen molar-refractivity contribution >= 4 is 5.91 Å². The summed E-state index contributed by atoms with van der Waals surface area (Å²) in [5.74, 6) is 0.325. The van der Waals surface area contributed by atoms with Gasteiger partial charge in [0.1, 0.15) is 0 Å². The number of amides is 1. The molecular formula is C16H31N3O2. The number of hydrogen-bond donors (Lipinski definition) is 1. The molecule has 2 saturated heterocycles. The van der Waals surface area contributed by atoms with E-state index in [9.17, 15) is 4.79 Å². The SMILES string of the molecule is O=C(CN1CCN(CCCCCO)CC1)N1CCCCC1. The minimum absolute atomic E-state index is 0.312. The van der Waals surface area contributed by atoms with Gasteiger partial charge in [-0.2, -0.15) is 0 Å². The fourth-order valence-electron chi connectivity index (χ4n) is 3.23. The maximum atomic E-state index is 12.2. The summed E-state index contributed by atoms with van der Waals surface area (Å²) in [6.07, 6.45) is 6.83. The van der Waals surface area contributed by atoms with Crippen LogP contribution in [0, 0.1) is 0 Å². The van der Waals surface area contributed by atoms with E-state index >= 15 is 0 Å². The summed E-state index contributed by atoms with van der Waals surface area (Å²) < 4.78 is 0. The molecule has 0 aromatic rings. The average Bonchev–Trinajstić information content (AvgIpc) is 2.54. The van der Waals surface area contributed by atoms with Gasteiger partial charge in [0.05, 0.1) is 6.54 Å². The lowest BCUT2D eigenvalue weighted by atomic mass is 10.1. The van der Waals surface area contributed by atoms with Gasteiger partial charge in [0.2, 0.25) is 5.91 Å². The van der Waals surface area contributed by atoms with Crippen molar-refractivity contribution in [2.75, 3.05) is 59.0 Å². The molecule has 0 atom stereocenters. The van der Waals surface area contributed by atoms with Crippen LogP contribution >= 0.6 is 0 Å². The third-order valence-corrected chi connectivity index (χ3v) is 4.67. The Morgan fingerprint density at radius 2 is 1.48 bits per heavy atom. The maximum absolute atomic E-state index is 12.2. The number of carbonyl (C=O) groups is 1. The van der Waals surface area contributed by atoms with E-state index in [0.717, 1.165) is 58.7 Å². The molecule has 0 aliphatic carbocycles. The first-order chi connectivity index (χ1) is 10.3. The number of piperazine rings is 1. The number of unbranched alkanes of at least 4 members (excludes halogenated alkanes) is 2.